The van der Waals surface area contributed by atoms with Crippen LogP contribution in [0.25, 0.3) is 0 Å². The van der Waals surface area contributed by atoms with Gasteiger partial charge in [0.15, 0.2) is 0 Å². The second-order valence-electron chi connectivity index (χ2n) is 1.40. The minimum atomic E-state index is -0.454. The Morgan fingerprint density at radius 3 is 2.89 bits per heavy atom. The van der Waals surface area contributed by atoms with E-state index in [0.717, 1.165) is 12.0 Å². The van der Waals surface area contributed by atoms with Gasteiger partial charge in [0.2, 0.25) is 0 Å². The minimum Gasteiger partial charge on any atom is -0.428 e. The zero-order valence-electron chi connectivity index (χ0n) is 4.53. The maximum Gasteiger partial charge on any atom is 0.258 e. The molecule has 0 aromatic carbocycles. The number of rotatable bonds is 1. The average molecular weight is 143 g/mol. The third-order valence-electron chi connectivity index (χ3n) is 0.762. The molecular weight excluding hydrogens is 138 g/mol. The number of carbonyl (C=O) groups excluding carboxylic acids is 1. The van der Waals surface area contributed by atoms with Crippen LogP contribution in [-0.2, 0) is 8.98 Å². The van der Waals surface area contributed by atoms with Crippen LogP contribution in [0.5, 0.6) is 0 Å². The molecular formula is C5H5NO2S. The van der Waals surface area contributed by atoms with Crippen LogP contribution in [0.3, 0.4) is 0 Å². The van der Waals surface area contributed by atoms with Gasteiger partial charge in [-0.1, -0.05) is 0 Å². The van der Waals surface area contributed by atoms with E-state index in [1.807, 2.05) is 0 Å². The summed E-state index contributed by atoms with van der Waals surface area (Å²) in [5.41, 5.74) is 4.93. The van der Waals surface area contributed by atoms with Crippen molar-refractivity contribution in [1.29, 1.82) is 0 Å². The topological polar surface area (TPSA) is 52.3 Å². The van der Waals surface area contributed by atoms with Gasteiger partial charge in [-0.3, -0.25) is 4.79 Å². The Labute approximate surface area is 56.8 Å². The summed E-state index contributed by atoms with van der Waals surface area (Å²) >= 11 is 0.971. The lowest BCUT2D eigenvalue weighted by atomic mass is 10.4. The Morgan fingerprint density at radius 1 is 1.78 bits per heavy atom. The van der Waals surface area contributed by atoms with Crippen LogP contribution < -0.4 is 5.73 Å². The van der Waals surface area contributed by atoms with Gasteiger partial charge in [0, 0.05) is 0 Å². The molecule has 0 spiro atoms. The van der Waals surface area contributed by atoms with Crippen LogP contribution in [0.2, 0.25) is 0 Å². The molecule has 1 rings (SSSR count). The maximum atomic E-state index is 10.4. The van der Waals surface area contributed by atoms with E-state index in [0.29, 0.717) is 4.91 Å². The Balaban J connectivity index is 2.68. The van der Waals surface area contributed by atoms with Gasteiger partial charge >= 0.3 is 0 Å². The van der Waals surface area contributed by atoms with E-state index in [4.69, 9.17) is 9.92 Å². The van der Waals surface area contributed by atoms with Crippen LogP contribution in [0.4, 0.5) is 0 Å². The monoisotopic (exact) mass is 143 g/mol. The third-order valence-corrected chi connectivity index (χ3v) is 1.49. The van der Waals surface area contributed by atoms with Crippen molar-refractivity contribution < 1.29 is 8.98 Å². The maximum absolute atomic E-state index is 10.4. The normalized spacial score (nSPS) is 16.2. The van der Waals surface area contributed by atoms with E-state index in [9.17, 15) is 4.79 Å². The smallest absolute Gasteiger partial charge is 0.258 e. The molecule has 0 atom stereocenters. The first-order chi connectivity index (χ1) is 4.30. The predicted molar refractivity (Wildman–Crippen MR) is 35.1 cm³/mol. The molecule has 1 aliphatic rings. The van der Waals surface area contributed by atoms with Gasteiger partial charge in [0.25, 0.3) is 5.91 Å². The first-order valence-corrected chi connectivity index (χ1v) is 3.05. The van der Waals surface area contributed by atoms with Crippen LogP contribution in [0, 0.1) is 0 Å². The fourth-order valence-corrected chi connectivity index (χ4v) is 0.829. The number of amides is 1. The lowest BCUT2D eigenvalue weighted by Gasteiger charge is -2.02. The molecule has 0 radical (unpaired) electrons. The van der Waals surface area contributed by atoms with Crippen molar-refractivity contribution in [3.8, 4) is 0 Å². The number of carbonyl (C=O) groups is 1. The van der Waals surface area contributed by atoms with Gasteiger partial charge in [-0.15, -0.1) is 0 Å². The Bertz CT molecular complexity index is 185. The van der Waals surface area contributed by atoms with E-state index < -0.39 is 5.91 Å². The highest BCUT2D eigenvalue weighted by Gasteiger charge is 2.06. The molecule has 3 nitrogen and oxygen atoms in total. The molecule has 0 saturated heterocycles. The van der Waals surface area contributed by atoms with E-state index in [1.165, 1.54) is 6.26 Å². The molecule has 0 aliphatic carbocycles. The molecule has 4 heteroatoms. The summed E-state index contributed by atoms with van der Waals surface area (Å²) in [5.74, 6) is -0.454. The van der Waals surface area contributed by atoms with Crippen molar-refractivity contribution in [2.24, 2.45) is 5.73 Å². The minimum absolute atomic E-state index is 0.428. The van der Waals surface area contributed by atoms with Crippen molar-refractivity contribution >= 4 is 17.9 Å². The summed E-state index contributed by atoms with van der Waals surface area (Å²) in [6.45, 7) is 0. The zero-order valence-corrected chi connectivity index (χ0v) is 5.35. The number of primary amides is 1. The van der Waals surface area contributed by atoms with Crippen LogP contribution in [0.1, 0.15) is 0 Å². The summed E-state index contributed by atoms with van der Waals surface area (Å²) in [6.07, 6.45) is 4.71. The fourth-order valence-electron chi connectivity index (χ4n) is 0.389. The number of allylic oxidation sites excluding steroid dienone is 2. The summed E-state index contributed by atoms with van der Waals surface area (Å²) < 4.78 is 4.71. The highest BCUT2D eigenvalue weighted by atomic mass is 32.2. The van der Waals surface area contributed by atoms with Crippen LogP contribution in [-0.4, -0.2) is 5.91 Å². The van der Waals surface area contributed by atoms with Crippen molar-refractivity contribution in [1.82, 2.24) is 0 Å². The Hall–Kier alpha value is -0.900. The quantitative estimate of drug-likeness (QED) is 0.545. The molecule has 1 heterocycles. The number of hydrogen-bond donors (Lipinski definition) is 1. The van der Waals surface area contributed by atoms with Crippen molar-refractivity contribution in [3.63, 3.8) is 0 Å². The lowest BCUT2D eigenvalue weighted by molar-refractivity contribution is -0.113. The first kappa shape index (κ1) is 6.22. The third kappa shape index (κ3) is 1.50. The van der Waals surface area contributed by atoms with Gasteiger partial charge in [0.05, 0.1) is 12.0 Å². The summed E-state index contributed by atoms with van der Waals surface area (Å²) in [4.78, 5) is 10.8. The lowest BCUT2D eigenvalue weighted by Crippen LogP contribution is -2.12. The van der Waals surface area contributed by atoms with Crippen molar-refractivity contribution in [2.75, 3.05) is 0 Å². The van der Waals surface area contributed by atoms with Gasteiger partial charge in [-0.25, -0.2) is 0 Å². The molecule has 0 saturated carbocycles. The molecule has 0 fully saturated rings. The largest absolute Gasteiger partial charge is 0.428 e. The molecule has 48 valence electrons. The second kappa shape index (κ2) is 2.59. The van der Waals surface area contributed by atoms with E-state index in [1.54, 1.807) is 12.2 Å². The molecule has 2 N–H and O–H groups in total. The zero-order chi connectivity index (χ0) is 6.69. The summed E-state index contributed by atoms with van der Waals surface area (Å²) in [7, 11) is 0. The van der Waals surface area contributed by atoms with Gasteiger partial charge in [-0.05, 0) is 12.2 Å². The molecule has 0 unspecified atom stereocenters. The second-order valence-corrected chi connectivity index (χ2v) is 2.20. The average Bonchev–Trinajstić information content (AvgIpc) is 1.90. The van der Waals surface area contributed by atoms with E-state index in [2.05, 4.69) is 0 Å². The van der Waals surface area contributed by atoms with Gasteiger partial charge < -0.3 is 9.92 Å². The van der Waals surface area contributed by atoms with Crippen LogP contribution in [0.15, 0.2) is 23.3 Å². The van der Waals surface area contributed by atoms with E-state index in [-0.39, 0.29) is 0 Å². The van der Waals surface area contributed by atoms with Gasteiger partial charge in [-0.2, -0.15) is 0 Å². The van der Waals surface area contributed by atoms with Crippen molar-refractivity contribution in [2.45, 2.75) is 0 Å². The molecule has 1 aliphatic heterocycles. The Kier molecular flexibility index (Phi) is 1.79. The standard InChI is InChI=1S/C5H5NO2S/c6-5(7)4-2-1-3-8-9-4/h1-3H,(H2,6,7). The predicted octanol–water partition coefficient (Wildman–Crippen LogP) is 0.548. The molecule has 9 heavy (non-hydrogen) atoms. The molecule has 0 aromatic heterocycles. The van der Waals surface area contributed by atoms with Gasteiger partial charge in [0.1, 0.15) is 11.2 Å². The SMILES string of the molecule is NC(=O)C1=CC=COS1. The number of hydrogen-bond acceptors (Lipinski definition) is 3. The van der Waals surface area contributed by atoms with Crippen LogP contribution >= 0.6 is 12.0 Å². The van der Waals surface area contributed by atoms with E-state index >= 15 is 0 Å². The highest BCUT2D eigenvalue weighted by Crippen LogP contribution is 2.19. The summed E-state index contributed by atoms with van der Waals surface area (Å²) in [5, 5.41) is 0. The fraction of sp³-hybridized carbons (Fsp3) is 0. The molecule has 0 aromatic rings. The Morgan fingerprint density at radius 2 is 2.56 bits per heavy atom. The van der Waals surface area contributed by atoms with Crippen molar-refractivity contribution in [3.05, 3.63) is 23.3 Å². The summed E-state index contributed by atoms with van der Waals surface area (Å²) in [6, 6.07) is 0. The first-order valence-electron chi connectivity index (χ1n) is 2.30. The molecule has 0 bridgehead atoms. The highest BCUT2D eigenvalue weighted by molar-refractivity contribution is 7.99. The number of nitrogens with two attached hydrogens (primary N) is 1. The molecule has 1 amide bonds.